The summed E-state index contributed by atoms with van der Waals surface area (Å²) in [5, 5.41) is 7.34. The Balaban J connectivity index is 2.33. The molecule has 0 saturated heterocycles. The first-order valence-electron chi connectivity index (χ1n) is 6.53. The van der Waals surface area contributed by atoms with E-state index in [0.29, 0.717) is 5.75 Å². The molecule has 0 saturated carbocycles. The number of aryl methyl sites for hydroxylation is 1. The van der Waals surface area contributed by atoms with Gasteiger partial charge in [-0.15, -0.1) is 0 Å². The average molecular weight is 289 g/mol. The molecule has 0 radical (unpaired) electrons. The minimum absolute atomic E-state index is 0.367. The van der Waals surface area contributed by atoms with Crippen LogP contribution in [0.5, 0.6) is 5.75 Å². The first-order valence-corrected chi connectivity index (χ1v) is 6.53. The summed E-state index contributed by atoms with van der Waals surface area (Å²) in [5.74, 6) is 0.348. The van der Waals surface area contributed by atoms with Crippen LogP contribution < -0.4 is 10.1 Å². The predicted octanol–water partition coefficient (Wildman–Crippen LogP) is 2.06. The largest absolute Gasteiger partial charge is 0.497 e. The van der Waals surface area contributed by atoms with Crippen molar-refractivity contribution in [2.24, 2.45) is 7.05 Å². The van der Waals surface area contributed by atoms with Crippen molar-refractivity contribution in [1.82, 2.24) is 9.78 Å². The minimum Gasteiger partial charge on any atom is -0.497 e. The molecule has 2 rings (SSSR count). The van der Waals surface area contributed by atoms with Crippen molar-refractivity contribution >= 4 is 11.7 Å². The average Bonchev–Trinajstić information content (AvgIpc) is 2.84. The zero-order chi connectivity index (χ0) is 15.4. The van der Waals surface area contributed by atoms with E-state index in [1.165, 1.54) is 7.11 Å². The Kier molecular flexibility index (Phi) is 4.47. The lowest BCUT2D eigenvalue weighted by Gasteiger charge is -2.18. The lowest BCUT2D eigenvalue weighted by Crippen LogP contribution is -2.22. The van der Waals surface area contributed by atoms with Crippen molar-refractivity contribution in [3.05, 3.63) is 41.7 Å². The molecule has 1 aromatic heterocycles. The number of hydrogen-bond donors (Lipinski definition) is 1. The SMILES string of the molecule is COC(=O)C(Nc1cccc(OC)c1)c1cnn(C)c1C. The van der Waals surface area contributed by atoms with E-state index in [9.17, 15) is 4.79 Å². The third-order valence-electron chi connectivity index (χ3n) is 3.40. The van der Waals surface area contributed by atoms with Crippen LogP contribution in [0.15, 0.2) is 30.5 Å². The van der Waals surface area contributed by atoms with E-state index in [1.54, 1.807) is 18.0 Å². The van der Waals surface area contributed by atoms with E-state index >= 15 is 0 Å². The number of hydrogen-bond acceptors (Lipinski definition) is 5. The van der Waals surface area contributed by atoms with Gasteiger partial charge in [-0.25, -0.2) is 4.79 Å². The highest BCUT2D eigenvalue weighted by Crippen LogP contribution is 2.25. The smallest absolute Gasteiger partial charge is 0.333 e. The third kappa shape index (κ3) is 3.16. The number of esters is 1. The van der Waals surface area contributed by atoms with Crippen molar-refractivity contribution in [2.45, 2.75) is 13.0 Å². The summed E-state index contributed by atoms with van der Waals surface area (Å²) in [5.41, 5.74) is 2.46. The van der Waals surface area contributed by atoms with Crippen molar-refractivity contribution in [2.75, 3.05) is 19.5 Å². The van der Waals surface area contributed by atoms with Gasteiger partial charge in [0.05, 0.1) is 20.4 Å². The Hall–Kier alpha value is -2.50. The molecule has 0 spiro atoms. The Bertz CT molecular complexity index is 637. The first kappa shape index (κ1) is 14.9. The summed E-state index contributed by atoms with van der Waals surface area (Å²) in [6, 6.07) is 6.77. The molecule has 1 N–H and O–H groups in total. The Morgan fingerprint density at radius 1 is 1.38 bits per heavy atom. The second kappa shape index (κ2) is 6.30. The maximum atomic E-state index is 12.1. The molecule has 1 atom stereocenters. The number of carbonyl (C=O) groups is 1. The molecule has 112 valence electrons. The van der Waals surface area contributed by atoms with Gasteiger partial charge in [-0.3, -0.25) is 4.68 Å². The van der Waals surface area contributed by atoms with Gasteiger partial charge in [0.15, 0.2) is 6.04 Å². The van der Waals surface area contributed by atoms with Crippen LogP contribution in [0.1, 0.15) is 17.3 Å². The molecule has 1 heterocycles. The van der Waals surface area contributed by atoms with Crippen LogP contribution in [0.2, 0.25) is 0 Å². The maximum absolute atomic E-state index is 12.1. The van der Waals surface area contributed by atoms with Crippen LogP contribution in [0.25, 0.3) is 0 Å². The number of nitrogens with one attached hydrogen (secondary N) is 1. The zero-order valence-corrected chi connectivity index (χ0v) is 12.6. The molecule has 1 aromatic carbocycles. The molecule has 0 aliphatic heterocycles. The highest BCUT2D eigenvalue weighted by atomic mass is 16.5. The summed E-state index contributed by atoms with van der Waals surface area (Å²) in [4.78, 5) is 12.1. The van der Waals surface area contributed by atoms with E-state index in [0.717, 1.165) is 16.9 Å². The van der Waals surface area contributed by atoms with Gasteiger partial charge >= 0.3 is 5.97 Å². The molecule has 21 heavy (non-hydrogen) atoms. The van der Waals surface area contributed by atoms with Crippen LogP contribution in [0.4, 0.5) is 5.69 Å². The molecule has 1 unspecified atom stereocenters. The van der Waals surface area contributed by atoms with Crippen LogP contribution in [0.3, 0.4) is 0 Å². The molecule has 2 aromatic rings. The number of anilines is 1. The van der Waals surface area contributed by atoms with Gasteiger partial charge in [0.25, 0.3) is 0 Å². The fourth-order valence-corrected chi connectivity index (χ4v) is 2.06. The fraction of sp³-hybridized carbons (Fsp3) is 0.333. The first-order chi connectivity index (χ1) is 10.1. The monoisotopic (exact) mass is 289 g/mol. The lowest BCUT2D eigenvalue weighted by molar-refractivity contribution is -0.141. The second-order valence-corrected chi connectivity index (χ2v) is 4.64. The van der Waals surface area contributed by atoms with Crippen molar-refractivity contribution in [3.8, 4) is 5.75 Å². The van der Waals surface area contributed by atoms with Crippen LogP contribution >= 0.6 is 0 Å². The number of ether oxygens (including phenoxy) is 2. The molecule has 0 aliphatic carbocycles. The summed E-state index contributed by atoms with van der Waals surface area (Å²) >= 11 is 0. The highest BCUT2D eigenvalue weighted by Gasteiger charge is 2.25. The summed E-state index contributed by atoms with van der Waals surface area (Å²) < 4.78 is 11.8. The Morgan fingerprint density at radius 2 is 2.14 bits per heavy atom. The Morgan fingerprint density at radius 3 is 2.71 bits per heavy atom. The standard InChI is InChI=1S/C15H19N3O3/c1-10-13(9-16-18(10)2)14(15(19)21-4)17-11-6-5-7-12(8-11)20-3/h5-9,14,17H,1-4H3. The van der Waals surface area contributed by atoms with Crippen molar-refractivity contribution in [3.63, 3.8) is 0 Å². The van der Waals surface area contributed by atoms with E-state index in [1.807, 2.05) is 38.2 Å². The van der Waals surface area contributed by atoms with Gasteiger partial charge in [-0.2, -0.15) is 5.10 Å². The van der Waals surface area contributed by atoms with Crippen molar-refractivity contribution in [1.29, 1.82) is 0 Å². The predicted molar refractivity (Wildman–Crippen MR) is 79.3 cm³/mol. The highest BCUT2D eigenvalue weighted by molar-refractivity contribution is 5.81. The van der Waals surface area contributed by atoms with Gasteiger partial charge in [0.2, 0.25) is 0 Å². The molecule has 0 fully saturated rings. The van der Waals surface area contributed by atoms with Crippen molar-refractivity contribution < 1.29 is 14.3 Å². The molecular weight excluding hydrogens is 270 g/mol. The quantitative estimate of drug-likeness (QED) is 0.854. The van der Waals surface area contributed by atoms with E-state index in [-0.39, 0.29) is 5.97 Å². The molecular formula is C15H19N3O3. The fourth-order valence-electron chi connectivity index (χ4n) is 2.06. The van der Waals surface area contributed by atoms with E-state index < -0.39 is 6.04 Å². The zero-order valence-electron chi connectivity index (χ0n) is 12.6. The van der Waals surface area contributed by atoms with E-state index in [4.69, 9.17) is 9.47 Å². The molecule has 0 aliphatic rings. The molecule has 6 heteroatoms. The molecule has 0 amide bonds. The third-order valence-corrected chi connectivity index (χ3v) is 3.40. The number of benzene rings is 1. The number of aromatic nitrogens is 2. The van der Waals surface area contributed by atoms with E-state index in [2.05, 4.69) is 10.4 Å². The van der Waals surface area contributed by atoms with Crippen LogP contribution in [0, 0.1) is 6.92 Å². The number of rotatable bonds is 5. The number of methoxy groups -OCH3 is 2. The minimum atomic E-state index is -0.615. The van der Waals surface area contributed by atoms with Gasteiger partial charge in [-0.05, 0) is 19.1 Å². The van der Waals surface area contributed by atoms with Crippen LogP contribution in [-0.4, -0.2) is 30.0 Å². The molecule has 6 nitrogen and oxygen atoms in total. The number of carbonyl (C=O) groups excluding carboxylic acids is 1. The maximum Gasteiger partial charge on any atom is 0.333 e. The topological polar surface area (TPSA) is 65.4 Å². The summed E-state index contributed by atoms with van der Waals surface area (Å²) in [6.45, 7) is 1.91. The van der Waals surface area contributed by atoms with Gasteiger partial charge < -0.3 is 14.8 Å². The summed E-state index contributed by atoms with van der Waals surface area (Å²) in [7, 11) is 4.80. The Labute approximate surface area is 123 Å². The van der Waals surface area contributed by atoms with Gasteiger partial charge in [-0.1, -0.05) is 6.07 Å². The lowest BCUT2D eigenvalue weighted by atomic mass is 10.1. The normalized spacial score (nSPS) is 11.8. The van der Waals surface area contributed by atoms with Gasteiger partial charge in [0.1, 0.15) is 5.75 Å². The number of nitrogens with zero attached hydrogens (tertiary/aromatic N) is 2. The summed E-state index contributed by atoms with van der Waals surface area (Å²) in [6.07, 6.45) is 1.67. The second-order valence-electron chi connectivity index (χ2n) is 4.64. The molecule has 0 bridgehead atoms. The van der Waals surface area contributed by atoms with Crippen LogP contribution in [-0.2, 0) is 16.6 Å². The van der Waals surface area contributed by atoms with Gasteiger partial charge in [0, 0.05) is 30.1 Å².